The topological polar surface area (TPSA) is 124 Å². The Morgan fingerprint density at radius 1 is 1.05 bits per heavy atom. The molecule has 0 saturated carbocycles. The summed E-state index contributed by atoms with van der Waals surface area (Å²) in [6.45, 7) is 11.0. The number of likely N-dealkylation sites (tertiary alicyclic amines) is 1. The van der Waals surface area contributed by atoms with Crippen molar-refractivity contribution in [2.24, 2.45) is 0 Å². The van der Waals surface area contributed by atoms with Crippen LogP contribution in [0.3, 0.4) is 0 Å². The number of carboxylic acids is 2. The molecule has 1 saturated heterocycles. The second-order valence-corrected chi connectivity index (χ2v) is 11.2. The van der Waals surface area contributed by atoms with Gasteiger partial charge in [-0.05, 0) is 37.6 Å². The van der Waals surface area contributed by atoms with Crippen LogP contribution >= 0.6 is 11.3 Å². The van der Waals surface area contributed by atoms with E-state index in [1.807, 2.05) is 36.7 Å². The molecule has 234 valence electrons. The number of carbonyl (C=O) groups excluding carboxylic acids is 1. The summed E-state index contributed by atoms with van der Waals surface area (Å²) >= 11 is 1.82. The molecule has 2 aromatic heterocycles. The van der Waals surface area contributed by atoms with E-state index in [0.717, 1.165) is 45.6 Å². The quantitative estimate of drug-likeness (QED) is 0.444. The minimum atomic E-state index is -5.08. The first-order chi connectivity index (χ1) is 19.4. The van der Waals surface area contributed by atoms with Gasteiger partial charge in [0.2, 0.25) is 5.91 Å². The number of hydrogen-bond donors (Lipinski definition) is 2. The molecule has 0 radical (unpaired) electrons. The Morgan fingerprint density at radius 3 is 2.02 bits per heavy atom. The predicted octanol–water partition coefficient (Wildman–Crippen LogP) is 5.21. The number of fused-ring (bicyclic) bond motifs is 2. The van der Waals surface area contributed by atoms with Gasteiger partial charge in [0, 0.05) is 48.1 Å². The average molecular weight is 627 g/mol. The van der Waals surface area contributed by atoms with E-state index in [9.17, 15) is 31.1 Å². The molecule has 2 aromatic rings. The Bertz CT molecular complexity index is 1190. The van der Waals surface area contributed by atoms with Crippen LogP contribution < -0.4 is 0 Å². The van der Waals surface area contributed by atoms with E-state index in [4.69, 9.17) is 24.8 Å². The van der Waals surface area contributed by atoms with Gasteiger partial charge < -0.3 is 15.1 Å². The van der Waals surface area contributed by atoms with Gasteiger partial charge in [-0.3, -0.25) is 14.7 Å². The third kappa shape index (κ3) is 9.64. The highest BCUT2D eigenvalue weighted by molar-refractivity contribution is 7.11. The number of nitrogens with zero attached hydrogens (tertiary/aromatic N) is 4. The van der Waals surface area contributed by atoms with Gasteiger partial charge in [-0.15, -0.1) is 11.3 Å². The van der Waals surface area contributed by atoms with E-state index in [2.05, 4.69) is 34.7 Å². The van der Waals surface area contributed by atoms with E-state index in [1.54, 1.807) is 0 Å². The van der Waals surface area contributed by atoms with E-state index >= 15 is 0 Å². The molecule has 0 unspecified atom stereocenters. The molecule has 0 atom stereocenters. The van der Waals surface area contributed by atoms with Gasteiger partial charge in [0.1, 0.15) is 0 Å². The van der Waals surface area contributed by atoms with Gasteiger partial charge in [0.15, 0.2) is 0 Å². The Balaban J connectivity index is 0.000000367. The molecule has 42 heavy (non-hydrogen) atoms. The second kappa shape index (κ2) is 14.3. The molecule has 4 heterocycles. The summed E-state index contributed by atoms with van der Waals surface area (Å²) in [4.78, 5) is 45.6. The van der Waals surface area contributed by atoms with Crippen LogP contribution in [0.25, 0.3) is 0 Å². The Kier molecular flexibility index (Phi) is 11.9. The molecule has 1 fully saturated rings. The lowest BCUT2D eigenvalue weighted by atomic mass is 9.73. The standard InChI is InChI=1S/C22H30N4OS.2C2HF3O2/c1-4-19(27)26-14-18-20(24-21(28-18)16(2)3)22(15-26)7-10-25(11-8-22)13-17-6-5-9-23-12-17;2*3-2(4,5)1(6)7/h5-6,9,12,16H,4,7-8,10-11,13-15H2,1-3H3;2*(H,6,7). The smallest absolute Gasteiger partial charge is 0.475 e. The number of hydrogen-bond acceptors (Lipinski definition) is 7. The number of thiazole rings is 1. The lowest BCUT2D eigenvalue weighted by molar-refractivity contribution is -0.193. The van der Waals surface area contributed by atoms with Crippen LogP contribution in [0.15, 0.2) is 24.5 Å². The average Bonchev–Trinajstić information content (AvgIpc) is 3.36. The Morgan fingerprint density at radius 2 is 1.60 bits per heavy atom. The summed E-state index contributed by atoms with van der Waals surface area (Å²) in [6, 6.07) is 4.15. The summed E-state index contributed by atoms with van der Waals surface area (Å²) in [5.41, 5.74) is 2.58. The molecule has 4 rings (SSSR count). The highest BCUT2D eigenvalue weighted by atomic mass is 32.1. The number of aromatic nitrogens is 2. The van der Waals surface area contributed by atoms with Crippen LogP contribution in [0.2, 0.25) is 0 Å². The van der Waals surface area contributed by atoms with Crippen molar-refractivity contribution in [2.45, 2.75) is 76.8 Å². The van der Waals surface area contributed by atoms with Crippen LogP contribution in [0.4, 0.5) is 26.3 Å². The van der Waals surface area contributed by atoms with E-state index in [1.165, 1.54) is 21.1 Å². The molecule has 0 aromatic carbocycles. The van der Waals surface area contributed by atoms with Gasteiger partial charge in [-0.1, -0.05) is 26.8 Å². The Labute approximate surface area is 242 Å². The molecular formula is C26H32F6N4O5S. The number of carbonyl (C=O) groups is 3. The monoisotopic (exact) mass is 626 g/mol. The van der Waals surface area contributed by atoms with Crippen molar-refractivity contribution in [3.8, 4) is 0 Å². The molecule has 1 spiro atoms. The van der Waals surface area contributed by atoms with Gasteiger partial charge in [-0.2, -0.15) is 26.3 Å². The van der Waals surface area contributed by atoms with Crippen molar-refractivity contribution < 1.29 is 50.9 Å². The van der Waals surface area contributed by atoms with Crippen LogP contribution in [-0.2, 0) is 32.9 Å². The first-order valence-corrected chi connectivity index (χ1v) is 13.7. The van der Waals surface area contributed by atoms with Gasteiger partial charge in [-0.25, -0.2) is 14.6 Å². The second-order valence-electron chi connectivity index (χ2n) is 10.1. The fraction of sp³-hybridized carbons (Fsp3) is 0.577. The van der Waals surface area contributed by atoms with Crippen LogP contribution in [0.1, 0.15) is 67.1 Å². The number of piperidine rings is 1. The van der Waals surface area contributed by atoms with Crippen LogP contribution in [0.5, 0.6) is 0 Å². The van der Waals surface area contributed by atoms with Gasteiger partial charge in [0.25, 0.3) is 0 Å². The minimum absolute atomic E-state index is 0.0213. The summed E-state index contributed by atoms with van der Waals surface area (Å²) in [7, 11) is 0. The fourth-order valence-electron chi connectivity index (χ4n) is 4.49. The Hall–Kier alpha value is -3.27. The summed E-state index contributed by atoms with van der Waals surface area (Å²) in [5.74, 6) is -4.81. The minimum Gasteiger partial charge on any atom is -0.475 e. The molecule has 0 aliphatic carbocycles. The van der Waals surface area contributed by atoms with Crippen molar-refractivity contribution in [2.75, 3.05) is 19.6 Å². The van der Waals surface area contributed by atoms with Crippen molar-refractivity contribution in [1.82, 2.24) is 19.8 Å². The number of rotatable bonds is 4. The highest BCUT2D eigenvalue weighted by Crippen LogP contribution is 2.44. The van der Waals surface area contributed by atoms with Gasteiger partial charge >= 0.3 is 24.3 Å². The molecule has 2 aliphatic heterocycles. The summed E-state index contributed by atoms with van der Waals surface area (Å²) < 4.78 is 63.5. The maximum Gasteiger partial charge on any atom is 0.490 e. The number of carboxylic acid groups (broad SMARTS) is 2. The third-order valence-electron chi connectivity index (χ3n) is 6.62. The first-order valence-electron chi connectivity index (χ1n) is 12.9. The maximum absolute atomic E-state index is 12.5. The molecule has 2 N–H and O–H groups in total. The highest BCUT2D eigenvalue weighted by Gasteiger charge is 2.45. The zero-order chi connectivity index (χ0) is 31.9. The number of halogens is 6. The number of alkyl halides is 6. The number of pyridine rings is 1. The number of amides is 1. The SMILES string of the molecule is CCC(=O)N1Cc2sc(C(C)C)nc2C2(CCN(Cc3cccnc3)CC2)C1.O=C(O)C(F)(F)F.O=C(O)C(F)(F)F. The van der Waals surface area contributed by atoms with Gasteiger partial charge in [0.05, 0.1) is 17.2 Å². The van der Waals surface area contributed by atoms with Crippen molar-refractivity contribution in [1.29, 1.82) is 0 Å². The lowest BCUT2D eigenvalue weighted by Crippen LogP contribution is -2.53. The molecular weight excluding hydrogens is 594 g/mol. The van der Waals surface area contributed by atoms with E-state index < -0.39 is 24.3 Å². The van der Waals surface area contributed by atoms with Crippen molar-refractivity contribution in [3.63, 3.8) is 0 Å². The van der Waals surface area contributed by atoms with Crippen LogP contribution in [0, 0.1) is 0 Å². The van der Waals surface area contributed by atoms with Crippen molar-refractivity contribution >= 4 is 29.2 Å². The summed E-state index contributed by atoms with van der Waals surface area (Å²) in [5, 5.41) is 15.5. The third-order valence-corrected chi connectivity index (χ3v) is 7.96. The molecule has 16 heteroatoms. The molecule has 2 aliphatic rings. The zero-order valence-electron chi connectivity index (χ0n) is 23.1. The van der Waals surface area contributed by atoms with Crippen molar-refractivity contribution in [3.05, 3.63) is 45.7 Å². The number of aliphatic carboxylic acids is 2. The lowest BCUT2D eigenvalue weighted by Gasteiger charge is -2.46. The van der Waals surface area contributed by atoms with Crippen LogP contribution in [-0.4, -0.2) is 79.8 Å². The normalized spacial score (nSPS) is 16.6. The largest absolute Gasteiger partial charge is 0.490 e. The predicted molar refractivity (Wildman–Crippen MR) is 140 cm³/mol. The van der Waals surface area contributed by atoms with E-state index in [0.29, 0.717) is 12.3 Å². The maximum atomic E-state index is 12.5. The summed E-state index contributed by atoms with van der Waals surface area (Å²) in [6.07, 6.45) is -3.68. The molecule has 0 bridgehead atoms. The zero-order valence-corrected chi connectivity index (χ0v) is 23.9. The first kappa shape index (κ1) is 34.9. The fourth-order valence-corrected chi connectivity index (χ4v) is 5.70. The molecule has 9 nitrogen and oxygen atoms in total. The molecule has 1 amide bonds. The van der Waals surface area contributed by atoms with E-state index in [-0.39, 0.29) is 11.3 Å².